The molecule has 0 atom stereocenters. The largest absolute Gasteiger partial charge is 0.393 e. The first-order chi connectivity index (χ1) is 9.06. The third-order valence-corrected chi connectivity index (χ3v) is 4.81. The molecule has 1 amide bonds. The number of carbonyl (C=O) groups is 1. The second kappa shape index (κ2) is 6.53. The highest BCUT2D eigenvalue weighted by Gasteiger charge is 2.20. The highest BCUT2D eigenvalue weighted by Crippen LogP contribution is 2.22. The predicted molar refractivity (Wildman–Crippen MR) is 78.6 cm³/mol. The lowest BCUT2D eigenvalue weighted by Gasteiger charge is -2.29. The van der Waals surface area contributed by atoms with Gasteiger partial charge in [0.15, 0.2) is 0 Å². The van der Waals surface area contributed by atoms with E-state index in [1.165, 1.54) is 15.3 Å². The quantitative estimate of drug-likeness (QED) is 0.922. The van der Waals surface area contributed by atoms with E-state index in [4.69, 9.17) is 0 Å². The van der Waals surface area contributed by atoms with Gasteiger partial charge in [-0.2, -0.15) is 0 Å². The standard InChI is InChI=1S/C15H23NO2S/c1-11-10-13(12(2)19-11)4-3-5-15(18)16-8-6-14(17)7-9-16/h10,14,17H,3-9H2,1-2H3. The van der Waals surface area contributed by atoms with Crippen LogP contribution < -0.4 is 0 Å². The lowest BCUT2D eigenvalue weighted by atomic mass is 10.1. The van der Waals surface area contributed by atoms with Crippen molar-refractivity contribution in [1.29, 1.82) is 0 Å². The number of aryl methyl sites for hydroxylation is 3. The van der Waals surface area contributed by atoms with Crippen LogP contribution in [0.1, 0.15) is 41.0 Å². The molecule has 2 rings (SSSR count). The first-order valence-electron chi connectivity index (χ1n) is 7.08. The Morgan fingerprint density at radius 2 is 2.11 bits per heavy atom. The molecule has 1 aliphatic heterocycles. The van der Waals surface area contributed by atoms with Gasteiger partial charge in [0, 0.05) is 29.3 Å². The Kier molecular flexibility index (Phi) is 4.99. The number of hydrogen-bond acceptors (Lipinski definition) is 3. The monoisotopic (exact) mass is 281 g/mol. The molecular weight excluding hydrogens is 258 g/mol. The molecule has 3 nitrogen and oxygen atoms in total. The molecule has 0 radical (unpaired) electrons. The number of amides is 1. The van der Waals surface area contributed by atoms with Gasteiger partial charge in [-0.3, -0.25) is 4.79 Å². The van der Waals surface area contributed by atoms with Crippen LogP contribution in [0.15, 0.2) is 6.07 Å². The molecule has 19 heavy (non-hydrogen) atoms. The molecule has 1 saturated heterocycles. The third kappa shape index (κ3) is 4.05. The van der Waals surface area contributed by atoms with E-state index in [-0.39, 0.29) is 12.0 Å². The van der Waals surface area contributed by atoms with Crippen molar-refractivity contribution in [1.82, 2.24) is 4.90 Å². The molecule has 1 fully saturated rings. The molecule has 1 aromatic heterocycles. The fourth-order valence-electron chi connectivity index (χ4n) is 2.64. The number of aliphatic hydroxyl groups is 1. The van der Waals surface area contributed by atoms with E-state index < -0.39 is 0 Å². The van der Waals surface area contributed by atoms with E-state index in [1.807, 2.05) is 16.2 Å². The number of thiophene rings is 1. The summed E-state index contributed by atoms with van der Waals surface area (Å²) in [4.78, 5) is 16.7. The van der Waals surface area contributed by atoms with Crippen LogP contribution in [0.25, 0.3) is 0 Å². The third-order valence-electron chi connectivity index (χ3n) is 3.80. The molecule has 0 saturated carbocycles. The van der Waals surface area contributed by atoms with Crippen molar-refractivity contribution in [2.45, 2.75) is 52.1 Å². The van der Waals surface area contributed by atoms with Crippen LogP contribution in [-0.2, 0) is 11.2 Å². The maximum atomic E-state index is 12.0. The summed E-state index contributed by atoms with van der Waals surface area (Å²) >= 11 is 1.83. The van der Waals surface area contributed by atoms with Crippen molar-refractivity contribution in [3.63, 3.8) is 0 Å². The summed E-state index contributed by atoms with van der Waals surface area (Å²) in [6, 6.07) is 2.24. The molecule has 2 heterocycles. The number of piperidine rings is 1. The van der Waals surface area contributed by atoms with E-state index in [9.17, 15) is 9.90 Å². The summed E-state index contributed by atoms with van der Waals surface area (Å²) in [5.41, 5.74) is 1.39. The van der Waals surface area contributed by atoms with Crippen LogP contribution in [0.4, 0.5) is 0 Å². The number of carbonyl (C=O) groups excluding carboxylic acids is 1. The minimum Gasteiger partial charge on any atom is -0.393 e. The molecule has 0 bridgehead atoms. The Balaban J connectivity index is 1.73. The maximum Gasteiger partial charge on any atom is 0.222 e. The second-order valence-electron chi connectivity index (χ2n) is 5.40. The van der Waals surface area contributed by atoms with Crippen LogP contribution in [0, 0.1) is 13.8 Å². The first kappa shape index (κ1) is 14.5. The van der Waals surface area contributed by atoms with Gasteiger partial charge in [-0.1, -0.05) is 0 Å². The molecule has 0 aliphatic carbocycles. The van der Waals surface area contributed by atoms with Crippen LogP contribution >= 0.6 is 11.3 Å². The zero-order valence-corrected chi connectivity index (χ0v) is 12.6. The SMILES string of the molecule is Cc1cc(CCCC(=O)N2CCC(O)CC2)c(C)s1. The van der Waals surface area contributed by atoms with Gasteiger partial charge in [0.1, 0.15) is 0 Å². The Morgan fingerprint density at radius 3 is 2.68 bits per heavy atom. The average Bonchev–Trinajstić information content (AvgIpc) is 2.68. The summed E-state index contributed by atoms with van der Waals surface area (Å²) in [6.45, 7) is 5.72. The van der Waals surface area contributed by atoms with Gasteiger partial charge in [-0.25, -0.2) is 0 Å². The average molecular weight is 281 g/mol. The molecule has 0 spiro atoms. The van der Waals surface area contributed by atoms with Gasteiger partial charge in [0.05, 0.1) is 6.10 Å². The minimum atomic E-state index is -0.208. The fraction of sp³-hybridized carbons (Fsp3) is 0.667. The molecular formula is C15H23NO2S. The zero-order valence-electron chi connectivity index (χ0n) is 11.8. The molecule has 106 valence electrons. The van der Waals surface area contributed by atoms with Crippen molar-refractivity contribution in [2.75, 3.05) is 13.1 Å². The topological polar surface area (TPSA) is 40.5 Å². The van der Waals surface area contributed by atoms with Crippen LogP contribution in [0.2, 0.25) is 0 Å². The lowest BCUT2D eigenvalue weighted by Crippen LogP contribution is -2.39. The van der Waals surface area contributed by atoms with Crippen molar-refractivity contribution in [2.24, 2.45) is 0 Å². The van der Waals surface area contributed by atoms with E-state index in [0.29, 0.717) is 6.42 Å². The van der Waals surface area contributed by atoms with E-state index >= 15 is 0 Å². The van der Waals surface area contributed by atoms with Crippen molar-refractivity contribution in [3.8, 4) is 0 Å². The number of aliphatic hydroxyl groups excluding tert-OH is 1. The highest BCUT2D eigenvalue weighted by molar-refractivity contribution is 7.12. The Hall–Kier alpha value is -0.870. The summed E-state index contributed by atoms with van der Waals surface area (Å²) in [5.74, 6) is 0.247. The van der Waals surface area contributed by atoms with Crippen LogP contribution in [-0.4, -0.2) is 35.1 Å². The van der Waals surface area contributed by atoms with E-state index in [2.05, 4.69) is 19.9 Å². The van der Waals surface area contributed by atoms with Gasteiger partial charge in [0.25, 0.3) is 0 Å². The van der Waals surface area contributed by atoms with Crippen LogP contribution in [0.3, 0.4) is 0 Å². The Morgan fingerprint density at radius 1 is 1.42 bits per heavy atom. The van der Waals surface area contributed by atoms with Crippen molar-refractivity contribution < 1.29 is 9.90 Å². The number of rotatable bonds is 4. The van der Waals surface area contributed by atoms with Gasteiger partial charge < -0.3 is 10.0 Å². The predicted octanol–water partition coefficient (Wildman–Crippen LogP) is 2.67. The molecule has 4 heteroatoms. The Labute approximate surface area is 119 Å². The van der Waals surface area contributed by atoms with E-state index in [1.54, 1.807) is 0 Å². The van der Waals surface area contributed by atoms with E-state index in [0.717, 1.165) is 38.8 Å². The number of hydrogen-bond donors (Lipinski definition) is 1. The van der Waals surface area contributed by atoms with Gasteiger partial charge in [0.2, 0.25) is 5.91 Å². The van der Waals surface area contributed by atoms with Gasteiger partial charge in [-0.15, -0.1) is 11.3 Å². The molecule has 0 unspecified atom stereocenters. The molecule has 1 N–H and O–H groups in total. The Bertz CT molecular complexity index is 433. The summed E-state index contributed by atoms with van der Waals surface area (Å²) in [7, 11) is 0. The molecule has 1 aromatic rings. The van der Waals surface area contributed by atoms with Crippen LogP contribution in [0.5, 0.6) is 0 Å². The first-order valence-corrected chi connectivity index (χ1v) is 7.89. The number of nitrogens with zero attached hydrogens (tertiary/aromatic N) is 1. The summed E-state index contributed by atoms with van der Waals surface area (Å²) in [6.07, 6.45) is 3.81. The van der Waals surface area contributed by atoms with Gasteiger partial charge in [-0.05, 0) is 51.2 Å². The lowest BCUT2D eigenvalue weighted by molar-refractivity contribution is -0.133. The highest BCUT2D eigenvalue weighted by atomic mass is 32.1. The summed E-state index contributed by atoms with van der Waals surface area (Å²) in [5, 5.41) is 9.43. The molecule has 0 aromatic carbocycles. The normalized spacial score (nSPS) is 16.9. The second-order valence-corrected chi connectivity index (χ2v) is 6.86. The smallest absolute Gasteiger partial charge is 0.222 e. The minimum absolute atomic E-state index is 0.208. The molecule has 1 aliphatic rings. The zero-order chi connectivity index (χ0) is 13.8. The van der Waals surface area contributed by atoms with Crippen molar-refractivity contribution >= 4 is 17.2 Å². The van der Waals surface area contributed by atoms with Crippen molar-refractivity contribution in [3.05, 3.63) is 21.4 Å². The summed E-state index contributed by atoms with van der Waals surface area (Å²) < 4.78 is 0. The van der Waals surface area contributed by atoms with Gasteiger partial charge >= 0.3 is 0 Å². The fourth-order valence-corrected chi connectivity index (χ4v) is 3.61. The number of likely N-dealkylation sites (tertiary alicyclic amines) is 1. The maximum absolute atomic E-state index is 12.0.